The number of phenolic OH excluding ortho intramolecular Hbond substituents is 1. The number of rotatable bonds is 6. The van der Waals surface area contributed by atoms with Gasteiger partial charge in [-0.05, 0) is 53.7 Å². The molecule has 0 radical (unpaired) electrons. The maximum atomic E-state index is 13.4. The van der Waals surface area contributed by atoms with Crippen LogP contribution in [0.3, 0.4) is 0 Å². The minimum Gasteiger partial charge on any atom is -0.504 e. The number of aromatic carboxylic acids is 1. The van der Waals surface area contributed by atoms with Crippen molar-refractivity contribution in [2.75, 3.05) is 7.11 Å². The number of thioether (sulfide) groups is 1. The molecule has 1 aliphatic rings. The number of carboxylic acids is 1. The number of carboxylic acid groups (broad SMARTS) is 1. The highest BCUT2D eigenvalue weighted by Gasteiger charge is 2.34. The highest BCUT2D eigenvalue weighted by molar-refractivity contribution is 8.18. The molecule has 1 aliphatic heterocycles. The molecule has 1 heterocycles. The molecule has 7 nitrogen and oxygen atoms in total. The molecule has 0 aliphatic carbocycles. The van der Waals surface area contributed by atoms with E-state index in [0.29, 0.717) is 26.3 Å². The number of amides is 1. The molecule has 4 rings (SSSR count). The molecule has 1 saturated heterocycles. The van der Waals surface area contributed by atoms with Crippen molar-refractivity contribution in [2.45, 2.75) is 6.54 Å². The van der Waals surface area contributed by atoms with Gasteiger partial charge in [0.1, 0.15) is 0 Å². The van der Waals surface area contributed by atoms with Gasteiger partial charge >= 0.3 is 5.97 Å². The molecule has 0 spiro atoms. The summed E-state index contributed by atoms with van der Waals surface area (Å²) in [4.78, 5) is 31.0. The van der Waals surface area contributed by atoms with Crippen LogP contribution in [-0.4, -0.2) is 39.3 Å². The highest BCUT2D eigenvalue weighted by Crippen LogP contribution is 2.39. The number of aromatic hydroxyl groups is 1. The summed E-state index contributed by atoms with van der Waals surface area (Å²) in [5.74, 6) is -1.26. The van der Waals surface area contributed by atoms with Gasteiger partial charge in [-0.25, -0.2) is 9.79 Å². The topological polar surface area (TPSA) is 99.4 Å². The van der Waals surface area contributed by atoms with E-state index in [1.165, 1.54) is 42.0 Å². The summed E-state index contributed by atoms with van der Waals surface area (Å²) in [5, 5.41) is 20.4. The van der Waals surface area contributed by atoms with Crippen LogP contribution in [-0.2, 0) is 11.3 Å². The van der Waals surface area contributed by atoms with Gasteiger partial charge in [-0.1, -0.05) is 41.9 Å². The van der Waals surface area contributed by atoms with Crippen molar-refractivity contribution >= 4 is 52.2 Å². The Kier molecular flexibility index (Phi) is 6.90. The van der Waals surface area contributed by atoms with Crippen LogP contribution < -0.4 is 4.74 Å². The molecule has 0 unspecified atom stereocenters. The molecule has 3 aromatic carbocycles. The normalized spacial score (nSPS) is 15.8. The van der Waals surface area contributed by atoms with Gasteiger partial charge in [0.2, 0.25) is 0 Å². The van der Waals surface area contributed by atoms with E-state index < -0.39 is 5.97 Å². The Morgan fingerprint density at radius 3 is 2.50 bits per heavy atom. The zero-order chi connectivity index (χ0) is 24.2. The highest BCUT2D eigenvalue weighted by atomic mass is 35.5. The number of halogens is 1. The second-order valence-electron chi connectivity index (χ2n) is 7.28. The minimum absolute atomic E-state index is 0.128. The number of hydrogen-bond donors (Lipinski definition) is 2. The van der Waals surface area contributed by atoms with Crippen LogP contribution in [0.25, 0.3) is 6.08 Å². The quantitative estimate of drug-likeness (QED) is 0.435. The first-order valence-electron chi connectivity index (χ1n) is 10.1. The van der Waals surface area contributed by atoms with Gasteiger partial charge in [-0.2, -0.15) is 0 Å². The van der Waals surface area contributed by atoms with Gasteiger partial charge in [0.15, 0.2) is 16.7 Å². The van der Waals surface area contributed by atoms with E-state index in [9.17, 15) is 14.7 Å². The number of ether oxygens (including phenoxy) is 1. The number of phenols is 1. The van der Waals surface area contributed by atoms with Gasteiger partial charge in [-0.3, -0.25) is 9.69 Å². The van der Waals surface area contributed by atoms with Crippen LogP contribution >= 0.6 is 23.4 Å². The zero-order valence-electron chi connectivity index (χ0n) is 17.9. The SMILES string of the molecule is COc1cc(Cl)cc(/C=C2\SC(=Nc3ccccc3)N(Cc3ccc(C(=O)O)cc3)C2=O)c1O. The van der Waals surface area contributed by atoms with E-state index in [1.807, 2.05) is 30.3 Å². The Labute approximate surface area is 205 Å². The van der Waals surface area contributed by atoms with Crippen LogP contribution in [0.4, 0.5) is 5.69 Å². The average molecular weight is 495 g/mol. The first-order chi connectivity index (χ1) is 16.4. The lowest BCUT2D eigenvalue weighted by Gasteiger charge is -2.16. The molecule has 0 saturated carbocycles. The maximum Gasteiger partial charge on any atom is 0.335 e. The second-order valence-corrected chi connectivity index (χ2v) is 8.73. The van der Waals surface area contributed by atoms with E-state index >= 15 is 0 Å². The largest absolute Gasteiger partial charge is 0.504 e. The van der Waals surface area contributed by atoms with E-state index in [1.54, 1.807) is 24.3 Å². The number of carbonyl (C=O) groups is 2. The Morgan fingerprint density at radius 1 is 1.15 bits per heavy atom. The predicted octanol–water partition coefficient (Wildman–Crippen LogP) is 5.56. The minimum atomic E-state index is -1.02. The van der Waals surface area contributed by atoms with Gasteiger partial charge in [0, 0.05) is 16.7 Å². The number of benzene rings is 3. The first kappa shape index (κ1) is 23.4. The number of hydrogen-bond acceptors (Lipinski definition) is 6. The molecule has 34 heavy (non-hydrogen) atoms. The zero-order valence-corrected chi connectivity index (χ0v) is 19.5. The second kappa shape index (κ2) is 10.0. The van der Waals surface area contributed by atoms with Crippen molar-refractivity contribution in [1.82, 2.24) is 4.90 Å². The molecule has 9 heteroatoms. The molecule has 1 fully saturated rings. The molecule has 0 aromatic heterocycles. The van der Waals surface area contributed by atoms with Crippen molar-refractivity contribution in [2.24, 2.45) is 4.99 Å². The number of para-hydroxylation sites is 1. The first-order valence-corrected chi connectivity index (χ1v) is 11.3. The third-order valence-corrected chi connectivity index (χ3v) is 6.21. The number of carbonyl (C=O) groups excluding carboxylic acids is 1. The molecule has 1 amide bonds. The molecule has 172 valence electrons. The lowest BCUT2D eigenvalue weighted by Crippen LogP contribution is -2.28. The smallest absolute Gasteiger partial charge is 0.335 e. The Hall–Kier alpha value is -3.75. The molecule has 0 atom stereocenters. The van der Waals surface area contributed by atoms with Gasteiger partial charge in [0.25, 0.3) is 5.91 Å². The van der Waals surface area contributed by atoms with E-state index in [-0.39, 0.29) is 29.5 Å². The van der Waals surface area contributed by atoms with Crippen LogP contribution in [0.5, 0.6) is 11.5 Å². The number of aliphatic imine (C=N–C) groups is 1. The fraction of sp³-hybridized carbons (Fsp3) is 0.0800. The standard InChI is InChI=1S/C25H19ClN2O5S/c1-33-20-13-18(26)11-17(22(20)29)12-21-23(30)28(14-15-7-9-16(10-8-15)24(31)32)25(34-21)27-19-5-3-2-4-6-19/h2-13,29H,14H2,1H3,(H,31,32)/b21-12-,27-25?. The molecular formula is C25H19ClN2O5S. The summed E-state index contributed by atoms with van der Waals surface area (Å²) in [5.41, 5.74) is 1.92. The molecule has 3 aromatic rings. The Bertz CT molecular complexity index is 1310. The fourth-order valence-corrected chi connectivity index (χ4v) is 4.49. The van der Waals surface area contributed by atoms with Crippen molar-refractivity contribution in [3.05, 3.63) is 93.3 Å². The predicted molar refractivity (Wildman–Crippen MR) is 133 cm³/mol. The van der Waals surface area contributed by atoms with Crippen LogP contribution in [0, 0.1) is 0 Å². The van der Waals surface area contributed by atoms with E-state index in [0.717, 1.165) is 5.56 Å². The third kappa shape index (κ3) is 5.08. The lowest BCUT2D eigenvalue weighted by molar-refractivity contribution is -0.122. The average Bonchev–Trinajstić information content (AvgIpc) is 3.11. The molecule has 0 bridgehead atoms. The van der Waals surface area contributed by atoms with Crippen LogP contribution in [0.1, 0.15) is 21.5 Å². The van der Waals surface area contributed by atoms with Crippen molar-refractivity contribution in [3.63, 3.8) is 0 Å². The monoisotopic (exact) mass is 494 g/mol. The Morgan fingerprint density at radius 2 is 1.85 bits per heavy atom. The molecule has 2 N–H and O–H groups in total. The van der Waals surface area contributed by atoms with Crippen molar-refractivity contribution in [1.29, 1.82) is 0 Å². The van der Waals surface area contributed by atoms with Crippen molar-refractivity contribution < 1.29 is 24.5 Å². The summed E-state index contributed by atoms with van der Waals surface area (Å²) in [6.07, 6.45) is 1.55. The van der Waals surface area contributed by atoms with Gasteiger partial charge < -0.3 is 14.9 Å². The third-order valence-electron chi connectivity index (χ3n) is 4.99. The summed E-state index contributed by atoms with van der Waals surface area (Å²) in [6.45, 7) is 0.194. The van der Waals surface area contributed by atoms with Crippen molar-refractivity contribution in [3.8, 4) is 11.5 Å². The maximum absolute atomic E-state index is 13.4. The Balaban J connectivity index is 1.72. The summed E-state index contributed by atoms with van der Waals surface area (Å²) >= 11 is 7.31. The number of nitrogens with zero attached hydrogens (tertiary/aromatic N) is 2. The summed E-state index contributed by atoms with van der Waals surface area (Å²) < 4.78 is 5.15. The van der Waals surface area contributed by atoms with Crippen LogP contribution in [0.2, 0.25) is 5.02 Å². The van der Waals surface area contributed by atoms with Crippen LogP contribution in [0.15, 0.2) is 76.6 Å². The van der Waals surface area contributed by atoms with Gasteiger partial charge in [-0.15, -0.1) is 0 Å². The van der Waals surface area contributed by atoms with E-state index in [2.05, 4.69) is 4.99 Å². The molecular weight excluding hydrogens is 476 g/mol. The van der Waals surface area contributed by atoms with E-state index in [4.69, 9.17) is 21.4 Å². The fourth-order valence-electron chi connectivity index (χ4n) is 3.28. The number of methoxy groups -OCH3 is 1. The lowest BCUT2D eigenvalue weighted by atomic mass is 10.1. The summed E-state index contributed by atoms with van der Waals surface area (Å²) in [6, 6.07) is 18.6. The number of amidine groups is 1. The summed E-state index contributed by atoms with van der Waals surface area (Å²) in [7, 11) is 1.42. The van der Waals surface area contributed by atoms with Gasteiger partial charge in [0.05, 0.1) is 29.8 Å².